The van der Waals surface area contributed by atoms with E-state index in [1.165, 1.54) is 32.1 Å². The molecule has 0 saturated heterocycles. The molecule has 5 heteroatoms. The average molecular weight is 476 g/mol. The molecule has 0 bridgehead atoms. The number of hydrogen-bond acceptors (Lipinski definition) is 5. The van der Waals surface area contributed by atoms with Crippen LogP contribution < -0.4 is 4.74 Å². The number of nitriles is 1. The summed E-state index contributed by atoms with van der Waals surface area (Å²) in [7, 11) is 0. The summed E-state index contributed by atoms with van der Waals surface area (Å²) in [6.45, 7) is 4.40. The van der Waals surface area contributed by atoms with E-state index in [0.29, 0.717) is 11.6 Å². The molecule has 3 rings (SSSR count). The summed E-state index contributed by atoms with van der Waals surface area (Å²) in [6, 6.07) is 10.0. The van der Waals surface area contributed by atoms with Crippen LogP contribution in [0.4, 0.5) is 0 Å². The van der Waals surface area contributed by atoms with Crippen molar-refractivity contribution in [3.63, 3.8) is 0 Å². The number of carbonyl (C=O) groups is 1. The van der Waals surface area contributed by atoms with Crippen LogP contribution in [0.25, 0.3) is 11.4 Å². The van der Waals surface area contributed by atoms with Crippen LogP contribution in [0.15, 0.2) is 36.7 Å². The Morgan fingerprint density at radius 2 is 1.60 bits per heavy atom. The van der Waals surface area contributed by atoms with Crippen molar-refractivity contribution in [1.82, 2.24) is 9.97 Å². The lowest BCUT2D eigenvalue weighted by Gasteiger charge is -2.34. The topological polar surface area (TPSA) is 75.9 Å². The Morgan fingerprint density at radius 1 is 0.971 bits per heavy atom. The summed E-state index contributed by atoms with van der Waals surface area (Å²) in [5, 5.41) is 9.84. The zero-order chi connectivity index (χ0) is 24.9. The molecule has 0 amide bonds. The number of aromatic nitrogens is 2. The first-order chi connectivity index (χ1) is 17.1. The number of rotatable bonds is 13. The van der Waals surface area contributed by atoms with Crippen LogP contribution in [0.2, 0.25) is 0 Å². The average Bonchev–Trinajstić information content (AvgIpc) is 2.90. The maximum Gasteiger partial charge on any atom is 0.314 e. The van der Waals surface area contributed by atoms with Crippen LogP contribution in [-0.4, -0.2) is 15.9 Å². The fraction of sp³-hybridized carbons (Fsp3) is 0.600. The zero-order valence-corrected chi connectivity index (χ0v) is 21.6. The van der Waals surface area contributed by atoms with Crippen LogP contribution in [-0.2, 0) is 11.2 Å². The van der Waals surface area contributed by atoms with E-state index < -0.39 is 0 Å². The second-order valence-corrected chi connectivity index (χ2v) is 10.1. The summed E-state index contributed by atoms with van der Waals surface area (Å²) in [5.41, 5.74) is 1.80. The van der Waals surface area contributed by atoms with Gasteiger partial charge in [0, 0.05) is 18.0 Å². The third-order valence-electron chi connectivity index (χ3n) is 7.38. The predicted octanol–water partition coefficient (Wildman–Crippen LogP) is 7.84. The van der Waals surface area contributed by atoms with E-state index in [0.717, 1.165) is 68.9 Å². The van der Waals surface area contributed by atoms with Gasteiger partial charge in [0.15, 0.2) is 5.82 Å². The second-order valence-electron chi connectivity index (χ2n) is 10.1. The molecular weight excluding hydrogens is 434 g/mol. The van der Waals surface area contributed by atoms with Gasteiger partial charge in [0.05, 0.1) is 17.4 Å². The molecule has 1 saturated carbocycles. The highest BCUT2D eigenvalue weighted by Crippen LogP contribution is 2.42. The molecule has 1 aromatic heterocycles. The quantitative estimate of drug-likeness (QED) is 0.167. The fourth-order valence-electron chi connectivity index (χ4n) is 4.95. The van der Waals surface area contributed by atoms with E-state index >= 15 is 0 Å². The molecule has 2 aromatic rings. The van der Waals surface area contributed by atoms with E-state index in [9.17, 15) is 10.1 Å². The number of hydrogen-bond donors (Lipinski definition) is 0. The molecule has 0 aliphatic heterocycles. The summed E-state index contributed by atoms with van der Waals surface area (Å²) in [6.07, 6.45) is 18.5. The first-order valence-corrected chi connectivity index (χ1v) is 13.6. The molecule has 0 spiro atoms. The summed E-state index contributed by atoms with van der Waals surface area (Å²) >= 11 is 0. The van der Waals surface area contributed by atoms with Crippen molar-refractivity contribution in [3.05, 3.63) is 42.2 Å². The normalized spacial score (nSPS) is 19.7. The highest BCUT2D eigenvalue weighted by Gasteiger charge is 2.37. The van der Waals surface area contributed by atoms with Gasteiger partial charge in [-0.3, -0.25) is 4.79 Å². The molecule has 0 radical (unpaired) electrons. The van der Waals surface area contributed by atoms with E-state index in [4.69, 9.17) is 4.74 Å². The number of ether oxygens (including phenoxy) is 1. The molecule has 1 aliphatic carbocycles. The van der Waals surface area contributed by atoms with Gasteiger partial charge in [-0.2, -0.15) is 5.26 Å². The van der Waals surface area contributed by atoms with Gasteiger partial charge in [0.2, 0.25) is 0 Å². The monoisotopic (exact) mass is 475 g/mol. The predicted molar refractivity (Wildman–Crippen MR) is 140 cm³/mol. The Kier molecular flexibility index (Phi) is 10.7. The Balaban J connectivity index is 1.46. The van der Waals surface area contributed by atoms with Gasteiger partial charge in [0.1, 0.15) is 5.75 Å². The van der Waals surface area contributed by atoms with Gasteiger partial charge in [-0.15, -0.1) is 0 Å². The zero-order valence-electron chi connectivity index (χ0n) is 21.6. The minimum Gasteiger partial charge on any atom is -0.426 e. The highest BCUT2D eigenvalue weighted by molar-refractivity contribution is 5.75. The van der Waals surface area contributed by atoms with Crippen LogP contribution in [0.5, 0.6) is 5.75 Å². The lowest BCUT2D eigenvalue weighted by Crippen LogP contribution is -2.31. The summed E-state index contributed by atoms with van der Waals surface area (Å²) in [5.74, 6) is 0.913. The SMILES string of the molecule is CCCCCCCCC1(C#N)CCC(C(=O)Oc2ccc(-c3ncc(CCCC)cn3)cc2)CC1. The third kappa shape index (κ3) is 8.16. The lowest BCUT2D eigenvalue weighted by molar-refractivity contribution is -0.140. The molecule has 0 N–H and O–H groups in total. The smallest absolute Gasteiger partial charge is 0.314 e. The molecule has 188 valence electrons. The fourth-order valence-corrected chi connectivity index (χ4v) is 4.95. The second kappa shape index (κ2) is 14.0. The molecule has 1 aliphatic rings. The van der Waals surface area contributed by atoms with Gasteiger partial charge >= 0.3 is 5.97 Å². The Hall–Kier alpha value is -2.74. The number of carbonyl (C=O) groups excluding carboxylic acids is 1. The van der Waals surface area contributed by atoms with Crippen molar-refractivity contribution in [2.45, 2.75) is 104 Å². The molecule has 1 fully saturated rings. The molecule has 5 nitrogen and oxygen atoms in total. The Labute approximate surface area is 211 Å². The van der Waals surface area contributed by atoms with Crippen LogP contribution in [0.1, 0.15) is 103 Å². The molecular formula is C30H41N3O2. The highest BCUT2D eigenvalue weighted by atomic mass is 16.5. The molecule has 0 unspecified atom stereocenters. The first-order valence-electron chi connectivity index (χ1n) is 13.6. The van der Waals surface area contributed by atoms with Gasteiger partial charge in [-0.1, -0.05) is 58.8 Å². The standard InChI is InChI=1S/C30H41N3O2/c1-3-5-7-8-9-10-18-30(23-31)19-16-26(17-20-30)29(34)35-27-14-12-25(13-15-27)28-32-21-24(22-33-28)11-6-4-2/h12-15,21-22,26H,3-11,16-20H2,1-2H3. The summed E-state index contributed by atoms with van der Waals surface area (Å²) < 4.78 is 5.68. The lowest BCUT2D eigenvalue weighted by atomic mass is 9.69. The van der Waals surface area contributed by atoms with Crippen LogP contribution in [0, 0.1) is 22.7 Å². The Morgan fingerprint density at radius 3 is 2.23 bits per heavy atom. The number of unbranched alkanes of at least 4 members (excludes halogenated alkanes) is 6. The van der Waals surface area contributed by atoms with Gasteiger partial charge < -0.3 is 4.74 Å². The Bertz CT molecular complexity index is 939. The van der Waals surface area contributed by atoms with E-state index in [2.05, 4.69) is 29.9 Å². The van der Waals surface area contributed by atoms with Crippen molar-refractivity contribution in [1.29, 1.82) is 5.26 Å². The number of aryl methyl sites for hydroxylation is 1. The molecule has 1 aromatic carbocycles. The van der Waals surface area contributed by atoms with Crippen LogP contribution in [0.3, 0.4) is 0 Å². The van der Waals surface area contributed by atoms with Crippen molar-refractivity contribution in [3.8, 4) is 23.2 Å². The first kappa shape index (κ1) is 26.9. The minimum absolute atomic E-state index is 0.125. The van der Waals surface area contributed by atoms with E-state index in [1.807, 2.05) is 36.7 Å². The van der Waals surface area contributed by atoms with Gasteiger partial charge in [0.25, 0.3) is 0 Å². The third-order valence-corrected chi connectivity index (χ3v) is 7.38. The molecule has 1 heterocycles. The maximum absolute atomic E-state index is 12.8. The van der Waals surface area contributed by atoms with Crippen molar-refractivity contribution in [2.75, 3.05) is 0 Å². The van der Waals surface area contributed by atoms with Crippen molar-refractivity contribution < 1.29 is 9.53 Å². The number of nitrogens with zero attached hydrogens (tertiary/aromatic N) is 3. The van der Waals surface area contributed by atoms with E-state index in [1.54, 1.807) is 0 Å². The summed E-state index contributed by atoms with van der Waals surface area (Å²) in [4.78, 5) is 21.7. The van der Waals surface area contributed by atoms with Crippen molar-refractivity contribution in [2.24, 2.45) is 11.3 Å². The minimum atomic E-state index is -0.255. The molecule has 0 atom stereocenters. The number of esters is 1. The maximum atomic E-state index is 12.8. The van der Waals surface area contributed by atoms with E-state index in [-0.39, 0.29) is 17.3 Å². The largest absolute Gasteiger partial charge is 0.426 e. The molecule has 35 heavy (non-hydrogen) atoms. The van der Waals surface area contributed by atoms with Gasteiger partial charge in [-0.25, -0.2) is 9.97 Å². The van der Waals surface area contributed by atoms with Crippen LogP contribution >= 0.6 is 0 Å². The van der Waals surface area contributed by atoms with Crippen molar-refractivity contribution >= 4 is 5.97 Å². The van der Waals surface area contributed by atoms with Gasteiger partial charge in [-0.05, 0) is 74.8 Å². The number of benzene rings is 1.